The van der Waals surface area contributed by atoms with Gasteiger partial charge in [0.05, 0.1) is 31.8 Å². The molecule has 11 nitrogen and oxygen atoms in total. The smallest absolute Gasteiger partial charge is 0.261 e. The van der Waals surface area contributed by atoms with Crippen molar-refractivity contribution in [2.45, 2.75) is 26.3 Å². The summed E-state index contributed by atoms with van der Waals surface area (Å²) in [5.41, 5.74) is 5.84. The lowest BCUT2D eigenvalue weighted by Gasteiger charge is -2.27. The van der Waals surface area contributed by atoms with Gasteiger partial charge in [0.1, 0.15) is 0 Å². The summed E-state index contributed by atoms with van der Waals surface area (Å²) in [6.45, 7) is 9.09. The summed E-state index contributed by atoms with van der Waals surface area (Å²) in [4.78, 5) is 14.0. The Hall–Kier alpha value is -0.830. The molecule has 1 aliphatic rings. The number of nitrogens with zero attached hydrogens (tertiary/aromatic N) is 1. The van der Waals surface area contributed by atoms with Gasteiger partial charge >= 0.3 is 0 Å². The highest BCUT2D eigenvalue weighted by molar-refractivity contribution is 7.85. The van der Waals surface area contributed by atoms with Crippen molar-refractivity contribution in [3.05, 3.63) is 0 Å². The SMILES string of the molecule is CCC(C)C(N)C(=O)NCCN1CCOCC1.CS(=O)(=O)O.CS(=O)(=O)O. The lowest BCUT2D eigenvalue weighted by Crippen LogP contribution is -2.47. The van der Waals surface area contributed by atoms with Crippen molar-refractivity contribution >= 4 is 26.1 Å². The molecule has 2 unspecified atom stereocenters. The lowest BCUT2D eigenvalue weighted by atomic mass is 9.99. The molecule has 27 heavy (non-hydrogen) atoms. The summed E-state index contributed by atoms with van der Waals surface area (Å²) in [5.74, 6) is 0.200. The van der Waals surface area contributed by atoms with Gasteiger partial charge in [-0.15, -0.1) is 0 Å². The molecule has 1 rings (SSSR count). The Morgan fingerprint density at radius 3 is 1.93 bits per heavy atom. The number of hydrogen-bond acceptors (Lipinski definition) is 8. The molecule has 0 radical (unpaired) electrons. The van der Waals surface area contributed by atoms with Crippen LogP contribution in [0.25, 0.3) is 0 Å². The summed E-state index contributed by atoms with van der Waals surface area (Å²) in [5, 5.41) is 2.90. The molecule has 164 valence electrons. The van der Waals surface area contributed by atoms with Gasteiger partial charge in [0.2, 0.25) is 5.91 Å². The average Bonchev–Trinajstić information content (AvgIpc) is 2.51. The van der Waals surface area contributed by atoms with E-state index in [1.54, 1.807) is 0 Å². The fourth-order valence-electron chi connectivity index (χ4n) is 1.79. The zero-order valence-electron chi connectivity index (χ0n) is 16.3. The van der Waals surface area contributed by atoms with Crippen molar-refractivity contribution in [3.8, 4) is 0 Å². The van der Waals surface area contributed by atoms with E-state index in [1.165, 1.54) is 0 Å². The summed E-state index contributed by atoms with van der Waals surface area (Å²) in [6.07, 6.45) is 2.36. The molecule has 0 aliphatic carbocycles. The number of hydrogen-bond donors (Lipinski definition) is 4. The average molecular weight is 436 g/mol. The number of ether oxygens (including phenoxy) is 1. The monoisotopic (exact) mass is 435 g/mol. The second-order valence-corrected chi connectivity index (χ2v) is 9.05. The maximum absolute atomic E-state index is 11.7. The first-order valence-electron chi connectivity index (χ1n) is 8.33. The van der Waals surface area contributed by atoms with Crippen LogP contribution in [0.5, 0.6) is 0 Å². The molecule has 1 aliphatic heterocycles. The molecular weight excluding hydrogens is 402 g/mol. The molecule has 0 saturated carbocycles. The Bertz CT molecular complexity index is 558. The topological polar surface area (TPSA) is 176 Å². The van der Waals surface area contributed by atoms with E-state index in [0.29, 0.717) is 19.1 Å². The minimum Gasteiger partial charge on any atom is -0.379 e. The molecule has 2 atom stereocenters. The summed E-state index contributed by atoms with van der Waals surface area (Å²) in [7, 11) is -7.33. The third kappa shape index (κ3) is 25.2. The Balaban J connectivity index is 0. The summed E-state index contributed by atoms with van der Waals surface area (Å²) in [6, 6.07) is -0.385. The van der Waals surface area contributed by atoms with Gasteiger partial charge in [0.25, 0.3) is 20.2 Å². The van der Waals surface area contributed by atoms with Crippen molar-refractivity contribution in [3.63, 3.8) is 0 Å². The number of rotatable bonds is 6. The minimum atomic E-state index is -3.67. The second-order valence-electron chi connectivity index (χ2n) is 6.12. The Kier molecular flexibility index (Phi) is 14.9. The molecule has 0 aromatic rings. The number of nitrogens with one attached hydrogen (secondary N) is 1. The van der Waals surface area contributed by atoms with Crippen LogP contribution in [-0.4, -0.2) is 94.7 Å². The predicted molar refractivity (Wildman–Crippen MR) is 103 cm³/mol. The number of nitrogens with two attached hydrogens (primary N) is 1. The van der Waals surface area contributed by atoms with Crippen molar-refractivity contribution in [1.82, 2.24) is 10.2 Å². The quantitative estimate of drug-likeness (QED) is 0.371. The minimum absolute atomic E-state index is 0.0346. The van der Waals surface area contributed by atoms with Gasteiger partial charge in [-0.05, 0) is 5.92 Å². The van der Waals surface area contributed by atoms with Crippen molar-refractivity contribution in [2.24, 2.45) is 11.7 Å². The maximum Gasteiger partial charge on any atom is 0.261 e. The van der Waals surface area contributed by atoms with Crippen LogP contribution >= 0.6 is 0 Å². The second kappa shape index (κ2) is 14.2. The number of carbonyl (C=O) groups is 1. The molecule has 1 fully saturated rings. The molecule has 1 amide bonds. The van der Waals surface area contributed by atoms with Crippen LogP contribution in [0.4, 0.5) is 0 Å². The molecule has 0 bridgehead atoms. The first-order valence-corrected chi connectivity index (χ1v) is 12.0. The standard InChI is InChI=1S/C12H25N3O2.2CH4O3S/c1-3-10(2)11(13)12(16)14-4-5-15-6-8-17-9-7-15;2*1-5(2,3)4/h10-11H,3-9,13H2,1-2H3,(H,14,16);2*1H3,(H,2,3,4). The van der Waals surface area contributed by atoms with E-state index in [-0.39, 0.29) is 17.9 Å². The van der Waals surface area contributed by atoms with Crippen LogP contribution in [0.1, 0.15) is 20.3 Å². The molecule has 0 aromatic carbocycles. The number of carbonyl (C=O) groups excluding carboxylic acids is 1. The first-order chi connectivity index (χ1) is 12.1. The van der Waals surface area contributed by atoms with Crippen LogP contribution < -0.4 is 11.1 Å². The molecular formula is C14H33N3O8S2. The summed E-state index contributed by atoms with van der Waals surface area (Å²) >= 11 is 0. The van der Waals surface area contributed by atoms with Crippen LogP contribution in [0.3, 0.4) is 0 Å². The lowest BCUT2D eigenvalue weighted by molar-refractivity contribution is -0.123. The largest absolute Gasteiger partial charge is 0.379 e. The number of amides is 1. The first kappa shape index (κ1) is 28.4. The zero-order chi connectivity index (χ0) is 21.7. The normalized spacial score (nSPS) is 17.4. The van der Waals surface area contributed by atoms with E-state index in [9.17, 15) is 21.6 Å². The highest BCUT2D eigenvalue weighted by Gasteiger charge is 2.19. The molecule has 0 spiro atoms. The van der Waals surface area contributed by atoms with Crippen LogP contribution in [0, 0.1) is 5.92 Å². The van der Waals surface area contributed by atoms with E-state index in [2.05, 4.69) is 10.2 Å². The fraction of sp³-hybridized carbons (Fsp3) is 0.929. The predicted octanol–water partition coefficient (Wildman–Crippen LogP) is -1.18. The van der Waals surface area contributed by atoms with E-state index >= 15 is 0 Å². The van der Waals surface area contributed by atoms with Crippen molar-refractivity contribution in [1.29, 1.82) is 0 Å². The zero-order valence-corrected chi connectivity index (χ0v) is 17.9. The highest BCUT2D eigenvalue weighted by atomic mass is 32.2. The maximum atomic E-state index is 11.7. The molecule has 0 aromatic heterocycles. The van der Waals surface area contributed by atoms with Crippen molar-refractivity contribution in [2.75, 3.05) is 51.9 Å². The van der Waals surface area contributed by atoms with Gasteiger partial charge in [-0.25, -0.2) is 0 Å². The molecule has 1 saturated heterocycles. The molecule has 1 heterocycles. The van der Waals surface area contributed by atoms with Crippen LogP contribution in [0.15, 0.2) is 0 Å². The van der Waals surface area contributed by atoms with Crippen molar-refractivity contribution < 1.29 is 35.5 Å². The van der Waals surface area contributed by atoms with Gasteiger partial charge in [-0.3, -0.25) is 18.8 Å². The third-order valence-electron chi connectivity index (χ3n) is 3.39. The van der Waals surface area contributed by atoms with Crippen LogP contribution in [0.2, 0.25) is 0 Å². The number of morpholine rings is 1. The summed E-state index contributed by atoms with van der Waals surface area (Å²) < 4.78 is 57.0. The third-order valence-corrected chi connectivity index (χ3v) is 3.39. The van der Waals surface area contributed by atoms with E-state index < -0.39 is 20.2 Å². The Morgan fingerprint density at radius 1 is 1.15 bits per heavy atom. The van der Waals surface area contributed by atoms with Gasteiger partial charge in [0, 0.05) is 26.2 Å². The Labute approximate surface area is 162 Å². The van der Waals surface area contributed by atoms with E-state index in [4.69, 9.17) is 19.6 Å². The van der Waals surface area contributed by atoms with Gasteiger partial charge in [-0.1, -0.05) is 20.3 Å². The fourth-order valence-corrected chi connectivity index (χ4v) is 1.79. The van der Waals surface area contributed by atoms with Crippen LogP contribution in [-0.2, 0) is 29.8 Å². The highest BCUT2D eigenvalue weighted by Crippen LogP contribution is 2.04. The molecule has 5 N–H and O–H groups in total. The van der Waals surface area contributed by atoms with E-state index in [0.717, 1.165) is 39.3 Å². The van der Waals surface area contributed by atoms with Gasteiger partial charge in [0.15, 0.2) is 0 Å². The van der Waals surface area contributed by atoms with Gasteiger partial charge in [-0.2, -0.15) is 16.8 Å². The van der Waals surface area contributed by atoms with E-state index in [1.807, 2.05) is 13.8 Å². The molecule has 13 heteroatoms. The van der Waals surface area contributed by atoms with Gasteiger partial charge < -0.3 is 15.8 Å². The Morgan fingerprint density at radius 2 is 1.56 bits per heavy atom.